The van der Waals surface area contributed by atoms with E-state index in [0.29, 0.717) is 18.5 Å². The number of piperidine rings is 1. The van der Waals surface area contributed by atoms with Gasteiger partial charge in [-0.05, 0) is 30.5 Å². The molecule has 0 radical (unpaired) electrons. The fourth-order valence-electron chi connectivity index (χ4n) is 1.95. The number of carbonyl (C=O) groups is 2. The maximum atomic E-state index is 11.8. The molecule has 110 valence electrons. The average Bonchev–Trinajstić information content (AvgIpc) is 2.48. The Morgan fingerprint density at radius 3 is 2.76 bits per heavy atom. The van der Waals surface area contributed by atoms with E-state index >= 15 is 0 Å². The van der Waals surface area contributed by atoms with Crippen molar-refractivity contribution in [2.24, 2.45) is 11.0 Å². The highest BCUT2D eigenvalue weighted by Crippen LogP contribution is 2.12. The van der Waals surface area contributed by atoms with Crippen LogP contribution < -0.4 is 10.7 Å². The molecule has 1 saturated heterocycles. The summed E-state index contributed by atoms with van der Waals surface area (Å²) in [5.41, 5.74) is 2.89. The van der Waals surface area contributed by atoms with Crippen molar-refractivity contribution in [3.05, 3.63) is 39.9 Å². The van der Waals surface area contributed by atoms with Crippen LogP contribution in [-0.2, 0) is 9.59 Å². The van der Waals surface area contributed by atoms with Crippen molar-refractivity contribution < 1.29 is 14.5 Å². The quantitative estimate of drug-likeness (QED) is 0.365. The number of nitrogens with one attached hydrogen (secondary N) is 2. The number of amides is 2. The number of nitro benzene ring substituents is 1. The highest BCUT2D eigenvalue weighted by Gasteiger charge is 2.28. The number of benzene rings is 1. The molecule has 8 nitrogen and oxygen atoms in total. The Labute approximate surface area is 120 Å². The molecule has 2 amide bonds. The Balaban J connectivity index is 1.91. The fourth-order valence-corrected chi connectivity index (χ4v) is 1.95. The topological polar surface area (TPSA) is 114 Å². The monoisotopic (exact) mass is 290 g/mol. The SMILES string of the molecule is O=C1NCCC[C@@H]1C(=O)N/N=C\c1ccc([N+](=O)[O-])cc1. The summed E-state index contributed by atoms with van der Waals surface area (Å²) in [6.45, 7) is 0.592. The van der Waals surface area contributed by atoms with Crippen molar-refractivity contribution in [3.8, 4) is 0 Å². The van der Waals surface area contributed by atoms with E-state index in [9.17, 15) is 19.7 Å². The molecule has 0 spiro atoms. The lowest BCUT2D eigenvalue weighted by molar-refractivity contribution is -0.384. The Morgan fingerprint density at radius 1 is 1.43 bits per heavy atom. The summed E-state index contributed by atoms with van der Waals surface area (Å²) in [5.74, 6) is -1.46. The minimum absolute atomic E-state index is 0.0185. The molecular weight excluding hydrogens is 276 g/mol. The first-order valence-electron chi connectivity index (χ1n) is 6.43. The number of nitro groups is 1. The van der Waals surface area contributed by atoms with Crippen molar-refractivity contribution in [1.29, 1.82) is 0 Å². The lowest BCUT2D eigenvalue weighted by Crippen LogP contribution is -2.43. The number of non-ortho nitro benzene ring substituents is 1. The normalized spacial score (nSPS) is 18.3. The molecule has 1 aromatic carbocycles. The maximum Gasteiger partial charge on any atom is 0.269 e. The van der Waals surface area contributed by atoms with Crippen molar-refractivity contribution in [3.63, 3.8) is 0 Å². The minimum Gasteiger partial charge on any atom is -0.355 e. The highest BCUT2D eigenvalue weighted by molar-refractivity contribution is 6.00. The summed E-state index contributed by atoms with van der Waals surface area (Å²) in [6.07, 6.45) is 2.63. The third-order valence-corrected chi connectivity index (χ3v) is 3.09. The van der Waals surface area contributed by atoms with Gasteiger partial charge in [-0.25, -0.2) is 5.43 Å². The van der Waals surface area contributed by atoms with Crippen LogP contribution in [0.4, 0.5) is 5.69 Å². The Kier molecular flexibility index (Phi) is 4.60. The average molecular weight is 290 g/mol. The molecule has 0 saturated carbocycles. The first kappa shape index (κ1) is 14.6. The lowest BCUT2D eigenvalue weighted by Gasteiger charge is -2.19. The van der Waals surface area contributed by atoms with Crippen LogP contribution in [0.3, 0.4) is 0 Å². The number of hydrogen-bond donors (Lipinski definition) is 2. The van der Waals surface area contributed by atoms with Crippen LogP contribution in [0.1, 0.15) is 18.4 Å². The molecule has 2 rings (SSSR count). The summed E-state index contributed by atoms with van der Waals surface area (Å²) >= 11 is 0. The van der Waals surface area contributed by atoms with Crippen molar-refractivity contribution in [2.75, 3.05) is 6.54 Å². The Hall–Kier alpha value is -2.77. The Bertz CT molecular complexity index is 582. The summed E-state index contributed by atoms with van der Waals surface area (Å²) in [4.78, 5) is 33.3. The molecule has 0 bridgehead atoms. The standard InChI is InChI=1S/C13H14N4O4/c18-12-11(2-1-7-14-12)13(19)16-15-8-9-3-5-10(6-4-9)17(20)21/h3-6,8,11H,1-2,7H2,(H,14,18)(H,16,19)/b15-8-/t11-/m0/s1. The summed E-state index contributed by atoms with van der Waals surface area (Å²) < 4.78 is 0. The van der Waals surface area contributed by atoms with Gasteiger partial charge in [0.1, 0.15) is 5.92 Å². The van der Waals surface area contributed by atoms with Gasteiger partial charge in [0.2, 0.25) is 5.91 Å². The van der Waals surface area contributed by atoms with E-state index in [0.717, 1.165) is 6.42 Å². The lowest BCUT2D eigenvalue weighted by atomic mass is 9.98. The minimum atomic E-state index is -0.715. The van der Waals surface area contributed by atoms with Gasteiger partial charge >= 0.3 is 0 Å². The second-order valence-electron chi connectivity index (χ2n) is 4.57. The molecule has 1 atom stereocenters. The molecule has 0 aromatic heterocycles. The third kappa shape index (κ3) is 3.85. The molecule has 1 heterocycles. The van der Waals surface area contributed by atoms with E-state index in [1.165, 1.54) is 30.5 Å². The van der Waals surface area contributed by atoms with E-state index in [1.54, 1.807) is 0 Å². The van der Waals surface area contributed by atoms with Gasteiger partial charge < -0.3 is 5.32 Å². The van der Waals surface area contributed by atoms with Crippen molar-refractivity contribution in [1.82, 2.24) is 10.7 Å². The van der Waals surface area contributed by atoms with Gasteiger partial charge in [0.25, 0.3) is 11.6 Å². The smallest absolute Gasteiger partial charge is 0.269 e. The number of nitrogens with zero attached hydrogens (tertiary/aromatic N) is 2. The zero-order valence-electron chi connectivity index (χ0n) is 11.1. The predicted molar refractivity (Wildman–Crippen MR) is 74.6 cm³/mol. The van der Waals surface area contributed by atoms with Crippen molar-refractivity contribution >= 4 is 23.7 Å². The van der Waals surface area contributed by atoms with E-state index in [1.807, 2.05) is 0 Å². The number of carbonyl (C=O) groups excluding carboxylic acids is 2. The first-order valence-corrected chi connectivity index (χ1v) is 6.43. The van der Waals surface area contributed by atoms with E-state index in [4.69, 9.17) is 0 Å². The molecule has 8 heteroatoms. The molecule has 0 unspecified atom stereocenters. The highest BCUT2D eigenvalue weighted by atomic mass is 16.6. The van der Waals surface area contributed by atoms with Gasteiger partial charge in [0.05, 0.1) is 11.1 Å². The van der Waals surface area contributed by atoms with Crippen molar-refractivity contribution in [2.45, 2.75) is 12.8 Å². The van der Waals surface area contributed by atoms with Crippen LogP contribution in [0.15, 0.2) is 29.4 Å². The van der Waals surface area contributed by atoms with Gasteiger partial charge in [-0.1, -0.05) is 0 Å². The predicted octanol–water partition coefficient (Wildman–Crippen LogP) is 0.571. The number of hydrazone groups is 1. The zero-order chi connectivity index (χ0) is 15.2. The van der Waals surface area contributed by atoms with Gasteiger partial charge in [0.15, 0.2) is 0 Å². The fraction of sp³-hybridized carbons (Fsp3) is 0.308. The van der Waals surface area contributed by atoms with Crippen LogP contribution in [0.5, 0.6) is 0 Å². The molecule has 1 aromatic rings. The van der Waals surface area contributed by atoms with Crippen LogP contribution in [0.25, 0.3) is 0 Å². The van der Waals surface area contributed by atoms with Crippen LogP contribution >= 0.6 is 0 Å². The molecule has 21 heavy (non-hydrogen) atoms. The second-order valence-corrected chi connectivity index (χ2v) is 4.57. The van der Waals surface area contributed by atoms with Gasteiger partial charge in [-0.15, -0.1) is 0 Å². The molecule has 2 N–H and O–H groups in total. The van der Waals surface area contributed by atoms with E-state index in [-0.39, 0.29) is 11.6 Å². The van der Waals surface area contributed by atoms with E-state index in [2.05, 4.69) is 15.8 Å². The molecule has 0 aliphatic carbocycles. The third-order valence-electron chi connectivity index (χ3n) is 3.09. The second kappa shape index (κ2) is 6.60. The zero-order valence-corrected chi connectivity index (χ0v) is 11.1. The van der Waals surface area contributed by atoms with E-state index < -0.39 is 16.7 Å². The number of hydrogen-bond acceptors (Lipinski definition) is 5. The Morgan fingerprint density at radius 2 is 2.14 bits per heavy atom. The summed E-state index contributed by atoms with van der Waals surface area (Å²) in [6, 6.07) is 5.72. The van der Waals surface area contributed by atoms with Gasteiger partial charge in [0, 0.05) is 18.7 Å². The van der Waals surface area contributed by atoms with Crippen LogP contribution in [0, 0.1) is 16.0 Å². The summed E-state index contributed by atoms with van der Waals surface area (Å²) in [5, 5.41) is 16.9. The maximum absolute atomic E-state index is 11.8. The molecule has 1 aliphatic heterocycles. The summed E-state index contributed by atoms with van der Waals surface area (Å²) in [7, 11) is 0. The molecule has 1 fully saturated rings. The van der Waals surface area contributed by atoms with Crippen LogP contribution in [-0.4, -0.2) is 29.5 Å². The first-order chi connectivity index (χ1) is 10.1. The molecule has 1 aliphatic rings. The molecular formula is C13H14N4O4. The van der Waals surface area contributed by atoms with Crippen LogP contribution in [0.2, 0.25) is 0 Å². The van der Waals surface area contributed by atoms with Gasteiger partial charge in [-0.3, -0.25) is 19.7 Å². The van der Waals surface area contributed by atoms with Gasteiger partial charge in [-0.2, -0.15) is 5.10 Å². The largest absolute Gasteiger partial charge is 0.355 e. The number of rotatable bonds is 4.